The molecule has 2 aromatic heterocycles. The molecule has 4 fully saturated rings. The van der Waals surface area contributed by atoms with Crippen molar-refractivity contribution in [1.29, 1.82) is 0 Å². The molecule has 7 nitrogen and oxygen atoms in total. The Morgan fingerprint density at radius 2 is 1.86 bits per heavy atom. The van der Waals surface area contributed by atoms with Gasteiger partial charge in [-0.1, -0.05) is 0 Å². The van der Waals surface area contributed by atoms with Crippen LogP contribution in [0.4, 0.5) is 0 Å². The maximum atomic E-state index is 13.3. The third-order valence-corrected chi connectivity index (χ3v) is 9.98. The minimum Gasteiger partial charge on any atom is -0.331 e. The van der Waals surface area contributed by atoms with Gasteiger partial charge in [0.2, 0.25) is 0 Å². The van der Waals surface area contributed by atoms with Crippen LogP contribution in [-0.4, -0.2) is 46.1 Å². The van der Waals surface area contributed by atoms with Crippen molar-refractivity contribution in [3.8, 4) is 22.6 Å². The molecule has 186 valence electrons. The number of aromatic nitrogens is 3. The van der Waals surface area contributed by atoms with E-state index < -0.39 is 9.84 Å². The predicted molar refractivity (Wildman–Crippen MR) is 136 cm³/mol. The largest absolute Gasteiger partial charge is 0.331 e. The van der Waals surface area contributed by atoms with E-state index in [0.29, 0.717) is 18.0 Å². The Labute approximate surface area is 211 Å². The second-order valence-corrected chi connectivity index (χ2v) is 13.5. The quantitative estimate of drug-likeness (QED) is 0.492. The lowest BCUT2D eigenvalue weighted by molar-refractivity contribution is -0.0877. The van der Waals surface area contributed by atoms with E-state index in [2.05, 4.69) is 22.7 Å². The molecule has 1 atom stereocenters. The number of imidazole rings is 1. The van der Waals surface area contributed by atoms with Gasteiger partial charge in [-0.15, -0.1) is 0 Å². The summed E-state index contributed by atoms with van der Waals surface area (Å²) in [5, 5.41) is 0. The number of hydrogen-bond acceptors (Lipinski definition) is 5. The first-order chi connectivity index (χ1) is 17.1. The van der Waals surface area contributed by atoms with Crippen molar-refractivity contribution in [2.75, 3.05) is 6.26 Å². The van der Waals surface area contributed by atoms with Gasteiger partial charge in [0, 0.05) is 36.8 Å². The summed E-state index contributed by atoms with van der Waals surface area (Å²) >= 11 is 0. The van der Waals surface area contributed by atoms with Crippen molar-refractivity contribution >= 4 is 15.7 Å². The lowest BCUT2D eigenvalue weighted by Crippen LogP contribution is -2.59. The molecule has 0 N–H and O–H groups in total. The summed E-state index contributed by atoms with van der Waals surface area (Å²) in [5.41, 5.74) is 4.74. The van der Waals surface area contributed by atoms with Crippen molar-refractivity contribution in [2.45, 2.75) is 69.0 Å². The van der Waals surface area contributed by atoms with Crippen molar-refractivity contribution < 1.29 is 13.2 Å². The Morgan fingerprint density at radius 3 is 2.50 bits per heavy atom. The molecular formula is C28H30N4O3S. The Hall–Kier alpha value is -3.00. The first-order valence-corrected chi connectivity index (χ1v) is 14.7. The maximum Gasteiger partial charge on any atom is 0.256 e. The second-order valence-electron chi connectivity index (χ2n) is 11.5. The fourth-order valence-corrected chi connectivity index (χ4v) is 7.49. The van der Waals surface area contributed by atoms with Gasteiger partial charge >= 0.3 is 0 Å². The lowest BCUT2D eigenvalue weighted by Gasteiger charge is -2.62. The number of hydrogen-bond donors (Lipinski definition) is 0. The average molecular weight is 503 g/mol. The minimum atomic E-state index is -3.60. The lowest BCUT2D eigenvalue weighted by atomic mass is 9.49. The molecular weight excluding hydrogens is 472 g/mol. The highest BCUT2D eigenvalue weighted by molar-refractivity contribution is 7.90. The monoisotopic (exact) mass is 502 g/mol. The molecule has 8 heteroatoms. The molecule has 0 radical (unpaired) electrons. The maximum absolute atomic E-state index is 13.3. The van der Waals surface area contributed by atoms with Gasteiger partial charge in [0.25, 0.3) is 5.91 Å². The van der Waals surface area contributed by atoms with Crippen LogP contribution in [0.3, 0.4) is 0 Å². The summed E-state index contributed by atoms with van der Waals surface area (Å²) in [4.78, 5) is 24.8. The fraction of sp³-hybridized carbons (Fsp3) is 0.464. The van der Waals surface area contributed by atoms with Crippen molar-refractivity contribution in [1.82, 2.24) is 19.4 Å². The van der Waals surface area contributed by atoms with E-state index in [1.54, 1.807) is 12.3 Å². The molecule has 0 spiro atoms. The molecule has 4 aliphatic carbocycles. The first kappa shape index (κ1) is 22.2. The van der Waals surface area contributed by atoms with E-state index in [4.69, 9.17) is 4.98 Å². The van der Waals surface area contributed by atoms with Crippen LogP contribution in [0.5, 0.6) is 0 Å². The van der Waals surface area contributed by atoms with E-state index in [9.17, 15) is 13.2 Å². The summed E-state index contributed by atoms with van der Waals surface area (Å²) in [5.74, 6) is 2.07. The summed E-state index contributed by atoms with van der Waals surface area (Å²) < 4.78 is 28.0. The van der Waals surface area contributed by atoms with Crippen molar-refractivity contribution in [2.24, 2.45) is 11.8 Å². The van der Waals surface area contributed by atoms with Gasteiger partial charge in [-0.25, -0.2) is 13.4 Å². The second kappa shape index (κ2) is 7.28. The summed E-state index contributed by atoms with van der Waals surface area (Å²) in [6.45, 7) is 4.54. The third-order valence-electron chi connectivity index (χ3n) is 8.86. The number of pyridine rings is 1. The fourth-order valence-electron chi connectivity index (χ4n) is 6.56. The summed E-state index contributed by atoms with van der Waals surface area (Å²) in [6.07, 6.45) is 11.0. The molecule has 0 unspecified atom stereocenters. The predicted octanol–water partition coefficient (Wildman–Crippen LogP) is 4.59. The van der Waals surface area contributed by atoms with Gasteiger partial charge in [-0.05, 0) is 98.7 Å². The van der Waals surface area contributed by atoms with Crippen LogP contribution in [0.1, 0.15) is 60.6 Å². The van der Waals surface area contributed by atoms with Crippen LogP contribution in [-0.2, 0) is 21.9 Å². The number of amides is 1. The molecule has 0 saturated heterocycles. The normalized spacial score (nSPS) is 25.4. The summed E-state index contributed by atoms with van der Waals surface area (Å²) in [6, 6.07) is 7.67. The Bertz CT molecular complexity index is 1540. The SMILES string of the molecule is Cc1cn(C23CC(C2)C3)c(-c2cc(-c3cc4c(c(S(C)(=O)=O)c3)C(=O)N([C@@H](C)C3CC3)C4)ccn2)n1. The molecule has 36 heavy (non-hydrogen) atoms. The van der Waals surface area contributed by atoms with E-state index in [1.165, 1.54) is 25.5 Å². The number of carbonyl (C=O) groups excluding carboxylic acids is 1. The van der Waals surface area contributed by atoms with Crippen LogP contribution in [0.2, 0.25) is 0 Å². The standard InChI is InChI=1S/C28H30N4O3S/c1-16-14-32(28-11-18(12-28)13-28)26(30-16)23-9-20(6-7-29-23)21-8-22-15-31(17(2)19-4-5-19)27(33)25(22)24(10-21)36(3,34)35/h6-10,14,17-19H,4-5,11-13,15H2,1-3H3/t17-,18?,28?/m0/s1. The Morgan fingerprint density at radius 1 is 1.11 bits per heavy atom. The van der Waals surface area contributed by atoms with Crippen molar-refractivity contribution in [3.05, 3.63) is 53.5 Å². The van der Waals surface area contributed by atoms with Gasteiger partial charge in [0.1, 0.15) is 5.69 Å². The van der Waals surface area contributed by atoms with E-state index in [0.717, 1.165) is 52.7 Å². The van der Waals surface area contributed by atoms with Gasteiger partial charge in [-0.2, -0.15) is 0 Å². The van der Waals surface area contributed by atoms with Crippen LogP contribution in [0.25, 0.3) is 22.6 Å². The molecule has 5 aliphatic rings. The third kappa shape index (κ3) is 3.23. The van der Waals surface area contributed by atoms with Crippen LogP contribution in [0, 0.1) is 18.8 Å². The number of aryl methyl sites for hydroxylation is 1. The zero-order valence-electron chi connectivity index (χ0n) is 20.9. The van der Waals surface area contributed by atoms with Gasteiger partial charge in [0.05, 0.1) is 16.2 Å². The Balaban J connectivity index is 1.31. The van der Waals surface area contributed by atoms with Gasteiger partial charge < -0.3 is 9.47 Å². The topological polar surface area (TPSA) is 85.2 Å². The number of benzene rings is 1. The molecule has 2 bridgehead atoms. The molecule has 1 aliphatic heterocycles. The van der Waals surface area contributed by atoms with Crippen LogP contribution < -0.4 is 0 Å². The smallest absolute Gasteiger partial charge is 0.256 e. The number of carbonyl (C=O) groups is 1. The van der Waals surface area contributed by atoms with Crippen LogP contribution in [0.15, 0.2) is 41.6 Å². The number of rotatable bonds is 6. The Kier molecular flexibility index (Phi) is 4.49. The van der Waals surface area contributed by atoms with Gasteiger partial charge in [-0.3, -0.25) is 9.78 Å². The molecule has 8 rings (SSSR count). The first-order valence-electron chi connectivity index (χ1n) is 12.8. The zero-order valence-corrected chi connectivity index (χ0v) is 21.7. The highest BCUT2D eigenvalue weighted by Gasteiger charge is 2.58. The van der Waals surface area contributed by atoms with Crippen LogP contribution >= 0.6 is 0 Å². The zero-order chi connectivity index (χ0) is 25.0. The van der Waals surface area contributed by atoms with E-state index in [-0.39, 0.29) is 22.4 Å². The number of fused-ring (bicyclic) bond motifs is 1. The number of sulfone groups is 1. The van der Waals surface area contributed by atoms with Gasteiger partial charge in [0.15, 0.2) is 15.7 Å². The average Bonchev–Trinajstić information content (AvgIpc) is 3.48. The highest BCUT2D eigenvalue weighted by atomic mass is 32.2. The molecule has 3 heterocycles. The highest BCUT2D eigenvalue weighted by Crippen LogP contribution is 2.63. The van der Waals surface area contributed by atoms with Crippen molar-refractivity contribution in [3.63, 3.8) is 0 Å². The summed E-state index contributed by atoms with van der Waals surface area (Å²) in [7, 11) is -3.60. The van der Waals surface area contributed by atoms with E-state index in [1.807, 2.05) is 30.0 Å². The molecule has 1 aromatic carbocycles. The molecule has 1 amide bonds. The molecule has 3 aromatic rings. The number of nitrogens with zero attached hydrogens (tertiary/aromatic N) is 4. The van der Waals surface area contributed by atoms with E-state index >= 15 is 0 Å². The molecule has 4 saturated carbocycles. The minimum absolute atomic E-state index is 0.118.